The quantitative estimate of drug-likeness (QED) is 0.218. The maximum atomic E-state index is 11.2. The van der Waals surface area contributed by atoms with Crippen LogP contribution in [0, 0.1) is 6.92 Å². The normalized spacial score (nSPS) is 16.3. The molecule has 0 bridgehead atoms. The van der Waals surface area contributed by atoms with Crippen molar-refractivity contribution in [2.24, 2.45) is 5.73 Å². The van der Waals surface area contributed by atoms with Gasteiger partial charge in [0.1, 0.15) is 36.4 Å². The Labute approximate surface area is 259 Å². The molecule has 2 aliphatic rings. The van der Waals surface area contributed by atoms with Crippen LogP contribution in [0.4, 0.5) is 4.79 Å². The molecule has 1 unspecified atom stereocenters. The largest absolute Gasteiger partial charge is 0.492 e. The molecular weight excluding hydrogens is 560 g/mol. The molecule has 10 heteroatoms. The van der Waals surface area contributed by atoms with Crippen molar-refractivity contribution in [2.75, 3.05) is 52.5 Å². The third-order valence-electron chi connectivity index (χ3n) is 7.78. The molecule has 2 aliphatic heterocycles. The number of hydrogen-bond donors (Lipinski definition) is 4. The molecule has 2 heterocycles. The van der Waals surface area contributed by atoms with E-state index >= 15 is 0 Å². The van der Waals surface area contributed by atoms with Crippen LogP contribution in [0.15, 0.2) is 78.9 Å². The number of carbonyl (C=O) groups is 2. The first-order valence-corrected chi connectivity index (χ1v) is 15.1. The number of likely N-dealkylation sites (tertiary alicyclic amines) is 1. The summed E-state index contributed by atoms with van der Waals surface area (Å²) in [4.78, 5) is 24.6. The number of aryl methyl sites for hydroxylation is 1. The number of nitrogens with one attached hydrogen (secondary N) is 2. The van der Waals surface area contributed by atoms with Crippen molar-refractivity contribution < 1.29 is 28.9 Å². The second-order valence-electron chi connectivity index (χ2n) is 11.2. The van der Waals surface area contributed by atoms with Gasteiger partial charge in [0.2, 0.25) is 5.91 Å². The third kappa shape index (κ3) is 10.6. The Morgan fingerprint density at radius 1 is 1.05 bits per heavy atom. The van der Waals surface area contributed by atoms with Crippen molar-refractivity contribution in [3.63, 3.8) is 0 Å². The minimum atomic E-state index is -0.602. The average molecular weight is 605 g/mol. The zero-order valence-electron chi connectivity index (χ0n) is 25.4. The summed E-state index contributed by atoms with van der Waals surface area (Å²) in [5.41, 5.74) is 7.83. The van der Waals surface area contributed by atoms with Crippen LogP contribution in [0.3, 0.4) is 0 Å². The molecule has 2 amide bonds. The highest BCUT2D eigenvalue weighted by Gasteiger charge is 2.42. The van der Waals surface area contributed by atoms with Crippen LogP contribution >= 0.6 is 0 Å². The summed E-state index contributed by atoms with van der Waals surface area (Å²) >= 11 is 0. The second kappa shape index (κ2) is 16.7. The van der Waals surface area contributed by atoms with Gasteiger partial charge in [-0.25, -0.2) is 4.79 Å². The lowest BCUT2D eigenvalue weighted by Crippen LogP contribution is -2.47. The number of carbonyl (C=O) groups excluding carboxylic acids is 2. The number of nitrogens with two attached hydrogens (primary N) is 1. The summed E-state index contributed by atoms with van der Waals surface area (Å²) < 4.78 is 16.6. The molecule has 0 aliphatic carbocycles. The van der Waals surface area contributed by atoms with Crippen molar-refractivity contribution in [1.29, 1.82) is 0 Å². The number of benzene rings is 3. The van der Waals surface area contributed by atoms with Gasteiger partial charge in [-0.05, 0) is 54.8 Å². The number of ether oxygens (including phenoxy) is 3. The van der Waals surface area contributed by atoms with Gasteiger partial charge in [-0.2, -0.15) is 0 Å². The van der Waals surface area contributed by atoms with Crippen LogP contribution in [-0.4, -0.2) is 86.2 Å². The van der Waals surface area contributed by atoms with Crippen molar-refractivity contribution in [1.82, 2.24) is 15.5 Å². The Hall–Kier alpha value is -4.12. The first-order chi connectivity index (χ1) is 21.3. The molecule has 5 rings (SSSR count). The van der Waals surface area contributed by atoms with E-state index < -0.39 is 12.0 Å². The molecule has 3 aromatic rings. The SMILES string of the molecule is Cc1ccccc1OCC(O)CNCCOc1ccc(C(N)=O)cc1.O=C1NCC2(CCN(CCc3ccccc3)CC2)O1. The van der Waals surface area contributed by atoms with E-state index in [0.717, 1.165) is 50.2 Å². The number of piperidine rings is 1. The van der Waals surface area contributed by atoms with E-state index in [4.69, 9.17) is 19.9 Å². The van der Waals surface area contributed by atoms with Gasteiger partial charge in [-0.3, -0.25) is 4.79 Å². The second-order valence-corrected chi connectivity index (χ2v) is 11.2. The molecule has 3 aromatic carbocycles. The first-order valence-electron chi connectivity index (χ1n) is 15.1. The fourth-order valence-electron chi connectivity index (χ4n) is 5.09. The van der Waals surface area contributed by atoms with Crippen LogP contribution in [0.2, 0.25) is 0 Å². The molecule has 10 nitrogen and oxygen atoms in total. The maximum absolute atomic E-state index is 11.2. The number of para-hydroxylation sites is 1. The Bertz CT molecular complexity index is 1310. The Morgan fingerprint density at radius 3 is 2.41 bits per heavy atom. The van der Waals surface area contributed by atoms with Gasteiger partial charge in [-0.1, -0.05) is 48.5 Å². The van der Waals surface area contributed by atoms with Crippen LogP contribution in [-0.2, 0) is 11.2 Å². The van der Waals surface area contributed by atoms with E-state index in [0.29, 0.717) is 37.6 Å². The number of aliphatic hydroxyl groups excluding tert-OH is 1. The van der Waals surface area contributed by atoms with Gasteiger partial charge in [0, 0.05) is 51.1 Å². The van der Waals surface area contributed by atoms with Crippen LogP contribution in [0.25, 0.3) is 0 Å². The lowest BCUT2D eigenvalue weighted by molar-refractivity contribution is 0.00122. The molecule has 44 heavy (non-hydrogen) atoms. The summed E-state index contributed by atoms with van der Waals surface area (Å²) in [6, 6.07) is 24.9. The fraction of sp³-hybridized carbons (Fsp3) is 0.412. The highest BCUT2D eigenvalue weighted by molar-refractivity contribution is 5.92. The molecule has 1 spiro atoms. The number of primary amides is 1. The zero-order chi connectivity index (χ0) is 31.2. The summed E-state index contributed by atoms with van der Waals surface area (Å²) in [7, 11) is 0. The molecule has 0 saturated carbocycles. The van der Waals surface area contributed by atoms with Crippen LogP contribution in [0.1, 0.15) is 34.3 Å². The Balaban J connectivity index is 0.000000208. The van der Waals surface area contributed by atoms with Crippen molar-refractivity contribution in [3.8, 4) is 11.5 Å². The summed E-state index contributed by atoms with van der Waals surface area (Å²) in [5.74, 6) is 0.981. The predicted octanol–water partition coefficient (Wildman–Crippen LogP) is 3.31. The number of aliphatic hydroxyl groups is 1. The minimum absolute atomic E-state index is 0.222. The van der Waals surface area contributed by atoms with Gasteiger partial charge in [0.05, 0.1) is 6.54 Å². The third-order valence-corrected chi connectivity index (χ3v) is 7.78. The lowest BCUT2D eigenvalue weighted by Gasteiger charge is -2.37. The van der Waals surface area contributed by atoms with Crippen LogP contribution < -0.4 is 25.8 Å². The number of rotatable bonds is 13. The monoisotopic (exact) mass is 604 g/mol. The van der Waals surface area contributed by atoms with E-state index in [1.54, 1.807) is 24.3 Å². The average Bonchev–Trinajstić information content (AvgIpc) is 3.40. The van der Waals surface area contributed by atoms with E-state index in [2.05, 4.69) is 45.9 Å². The standard InChI is InChI=1S/C19H24N2O4.C15H20N2O2/c1-14-4-2-3-5-18(14)25-13-16(22)12-21-10-11-24-17-8-6-15(7-9-17)19(20)23;18-14-16-12-15(19-14)7-10-17(11-8-15)9-6-13-4-2-1-3-5-13/h2-9,16,21-22H,10-13H2,1H3,(H2,20,23);1-5H,6-12H2,(H,16,18). The lowest BCUT2D eigenvalue weighted by atomic mass is 9.91. The van der Waals surface area contributed by atoms with Gasteiger partial charge in [0.25, 0.3) is 0 Å². The fourth-order valence-corrected chi connectivity index (χ4v) is 5.09. The topological polar surface area (TPSA) is 135 Å². The van der Waals surface area contributed by atoms with Gasteiger partial charge in [0.15, 0.2) is 0 Å². The van der Waals surface area contributed by atoms with E-state index in [1.165, 1.54) is 5.56 Å². The van der Waals surface area contributed by atoms with E-state index in [1.807, 2.05) is 31.2 Å². The molecule has 2 fully saturated rings. The van der Waals surface area contributed by atoms with Gasteiger partial charge in [-0.15, -0.1) is 0 Å². The zero-order valence-corrected chi connectivity index (χ0v) is 25.4. The highest BCUT2D eigenvalue weighted by atomic mass is 16.6. The minimum Gasteiger partial charge on any atom is -0.492 e. The molecule has 0 radical (unpaired) electrons. The molecule has 5 N–H and O–H groups in total. The van der Waals surface area contributed by atoms with Crippen molar-refractivity contribution >= 4 is 12.0 Å². The van der Waals surface area contributed by atoms with Crippen molar-refractivity contribution in [2.45, 2.75) is 37.9 Å². The van der Waals surface area contributed by atoms with Gasteiger partial charge < -0.3 is 40.6 Å². The molecule has 1 atom stereocenters. The number of alkyl carbamates (subject to hydrolysis) is 1. The predicted molar refractivity (Wildman–Crippen MR) is 169 cm³/mol. The summed E-state index contributed by atoms with van der Waals surface area (Å²) in [5, 5.41) is 15.8. The molecule has 0 aromatic heterocycles. The number of amides is 2. The number of hydrogen-bond acceptors (Lipinski definition) is 8. The summed E-state index contributed by atoms with van der Waals surface area (Å²) in [6.07, 6.45) is 2.12. The van der Waals surface area contributed by atoms with Gasteiger partial charge >= 0.3 is 6.09 Å². The van der Waals surface area contributed by atoms with Crippen molar-refractivity contribution in [3.05, 3.63) is 95.6 Å². The highest BCUT2D eigenvalue weighted by Crippen LogP contribution is 2.29. The maximum Gasteiger partial charge on any atom is 0.407 e. The molecule has 2 saturated heterocycles. The smallest absolute Gasteiger partial charge is 0.407 e. The van der Waals surface area contributed by atoms with E-state index in [9.17, 15) is 14.7 Å². The van der Waals surface area contributed by atoms with Crippen LogP contribution in [0.5, 0.6) is 11.5 Å². The first kappa shape index (κ1) is 32.8. The van der Waals surface area contributed by atoms with E-state index in [-0.39, 0.29) is 18.3 Å². The summed E-state index contributed by atoms with van der Waals surface area (Å²) in [6.45, 7) is 7.43. The molecular formula is C34H44N4O6. The Kier molecular flexibility index (Phi) is 12.4. The molecule has 236 valence electrons. The Morgan fingerprint density at radius 2 is 1.75 bits per heavy atom. The number of nitrogens with zero attached hydrogens (tertiary/aromatic N) is 1.